The first-order valence-electron chi connectivity index (χ1n) is 15.7. The van der Waals surface area contributed by atoms with Gasteiger partial charge in [-0.2, -0.15) is 0 Å². The van der Waals surface area contributed by atoms with E-state index in [1.165, 1.54) is 0 Å². The van der Waals surface area contributed by atoms with Crippen LogP contribution in [0.25, 0.3) is 0 Å². The van der Waals surface area contributed by atoms with Crippen molar-refractivity contribution < 1.29 is 19.3 Å². The standard InChI is InChI=1S/C42H38O4/c43-28-41(35-16-22-38(23-17-35)44-29-32-10-4-1-5-11-32)42(36-18-24-39(25-19-36)45-30-33-12-6-2-7-13-33)37-20-26-40(27-21-37)46-31-34-14-8-3-9-15-34/h1-27,41-43H,28-31H2. The molecule has 1 N–H and O–H groups in total. The van der Waals surface area contributed by atoms with E-state index in [-0.39, 0.29) is 18.4 Å². The Morgan fingerprint density at radius 3 is 0.978 bits per heavy atom. The van der Waals surface area contributed by atoms with Crippen LogP contribution in [-0.2, 0) is 19.8 Å². The number of rotatable bonds is 14. The average molecular weight is 607 g/mol. The average Bonchev–Trinajstić information content (AvgIpc) is 3.13. The third-order valence-electron chi connectivity index (χ3n) is 8.13. The summed E-state index contributed by atoms with van der Waals surface area (Å²) in [5.41, 5.74) is 6.58. The monoisotopic (exact) mass is 606 g/mol. The molecule has 0 amide bonds. The number of hydrogen-bond donors (Lipinski definition) is 1. The lowest BCUT2D eigenvalue weighted by Gasteiger charge is -2.28. The molecule has 0 aromatic heterocycles. The first-order valence-corrected chi connectivity index (χ1v) is 15.7. The van der Waals surface area contributed by atoms with Crippen LogP contribution in [0.1, 0.15) is 45.2 Å². The number of ether oxygens (including phenoxy) is 3. The Hall–Kier alpha value is -5.32. The van der Waals surface area contributed by atoms with Gasteiger partial charge in [-0.05, 0) is 69.8 Å². The van der Waals surface area contributed by atoms with E-state index in [4.69, 9.17) is 14.2 Å². The maximum atomic E-state index is 10.8. The largest absolute Gasteiger partial charge is 0.489 e. The summed E-state index contributed by atoms with van der Waals surface area (Å²) in [4.78, 5) is 0. The minimum absolute atomic E-state index is 0.0204. The van der Waals surface area contributed by atoms with Gasteiger partial charge in [-0.3, -0.25) is 0 Å². The second kappa shape index (κ2) is 15.6. The lowest BCUT2D eigenvalue weighted by atomic mass is 9.77. The van der Waals surface area contributed by atoms with E-state index in [1.807, 2.05) is 91.0 Å². The molecule has 230 valence electrons. The first kappa shape index (κ1) is 30.7. The van der Waals surface area contributed by atoms with Gasteiger partial charge in [0.1, 0.15) is 37.1 Å². The SMILES string of the molecule is OCC(c1ccc(OCc2ccccc2)cc1)C(c1ccc(OCc2ccccc2)cc1)c1ccc(OCc2ccccc2)cc1. The van der Waals surface area contributed by atoms with Crippen LogP contribution < -0.4 is 14.2 Å². The van der Waals surface area contributed by atoms with Crippen LogP contribution in [0.5, 0.6) is 17.2 Å². The second-order valence-electron chi connectivity index (χ2n) is 11.3. The summed E-state index contributed by atoms with van der Waals surface area (Å²) < 4.78 is 18.2. The Morgan fingerprint density at radius 1 is 0.370 bits per heavy atom. The van der Waals surface area contributed by atoms with E-state index in [0.717, 1.165) is 50.6 Å². The van der Waals surface area contributed by atoms with Crippen LogP contribution >= 0.6 is 0 Å². The summed E-state index contributed by atoms with van der Waals surface area (Å²) in [5.74, 6) is 2.11. The smallest absolute Gasteiger partial charge is 0.119 e. The normalized spacial score (nSPS) is 11.6. The summed E-state index contributed by atoms with van der Waals surface area (Å²) in [7, 11) is 0. The van der Waals surface area contributed by atoms with Gasteiger partial charge in [0.25, 0.3) is 0 Å². The number of hydrogen-bond acceptors (Lipinski definition) is 4. The van der Waals surface area contributed by atoms with Crippen LogP contribution in [0.2, 0.25) is 0 Å². The van der Waals surface area contributed by atoms with Gasteiger partial charge in [-0.1, -0.05) is 127 Å². The topological polar surface area (TPSA) is 47.9 Å². The molecule has 0 aliphatic heterocycles. The minimum Gasteiger partial charge on any atom is -0.489 e. The van der Waals surface area contributed by atoms with Gasteiger partial charge >= 0.3 is 0 Å². The zero-order valence-electron chi connectivity index (χ0n) is 25.7. The number of aliphatic hydroxyl groups excluding tert-OH is 1. The lowest BCUT2D eigenvalue weighted by Crippen LogP contribution is -2.17. The predicted octanol–water partition coefficient (Wildman–Crippen LogP) is 9.33. The van der Waals surface area contributed by atoms with E-state index in [2.05, 4.69) is 72.8 Å². The number of benzene rings is 6. The van der Waals surface area contributed by atoms with Crippen LogP contribution in [0, 0.1) is 0 Å². The van der Waals surface area contributed by atoms with Crippen molar-refractivity contribution in [3.8, 4) is 17.2 Å². The Morgan fingerprint density at radius 2 is 0.674 bits per heavy atom. The molecular weight excluding hydrogens is 568 g/mol. The predicted molar refractivity (Wildman–Crippen MR) is 183 cm³/mol. The van der Waals surface area contributed by atoms with E-state index in [1.54, 1.807) is 0 Å². The Kier molecular flexibility index (Phi) is 10.4. The lowest BCUT2D eigenvalue weighted by molar-refractivity contribution is 0.255. The fraction of sp³-hybridized carbons (Fsp3) is 0.143. The molecule has 0 fully saturated rings. The maximum Gasteiger partial charge on any atom is 0.119 e. The molecule has 6 rings (SSSR count). The summed E-state index contributed by atoms with van der Waals surface area (Å²) in [6, 6.07) is 55.0. The van der Waals surface area contributed by atoms with Crippen LogP contribution in [0.3, 0.4) is 0 Å². The zero-order chi connectivity index (χ0) is 31.4. The van der Waals surface area contributed by atoms with Gasteiger partial charge in [0, 0.05) is 11.8 Å². The summed E-state index contributed by atoms with van der Waals surface area (Å²) in [5, 5.41) is 10.8. The molecule has 46 heavy (non-hydrogen) atoms. The molecule has 1 unspecified atom stereocenters. The molecule has 0 saturated carbocycles. The van der Waals surface area contributed by atoms with Gasteiger partial charge in [-0.25, -0.2) is 0 Å². The van der Waals surface area contributed by atoms with Crippen LogP contribution in [0.15, 0.2) is 164 Å². The molecule has 4 nitrogen and oxygen atoms in total. The van der Waals surface area contributed by atoms with E-state index >= 15 is 0 Å². The van der Waals surface area contributed by atoms with Crippen LogP contribution in [-0.4, -0.2) is 11.7 Å². The highest BCUT2D eigenvalue weighted by molar-refractivity contribution is 5.43. The minimum atomic E-state index is -0.185. The van der Waals surface area contributed by atoms with Crippen molar-refractivity contribution in [1.29, 1.82) is 0 Å². The van der Waals surface area contributed by atoms with Gasteiger partial charge in [0.2, 0.25) is 0 Å². The maximum absolute atomic E-state index is 10.8. The molecule has 0 bridgehead atoms. The molecule has 6 aromatic rings. The zero-order valence-corrected chi connectivity index (χ0v) is 25.7. The highest BCUT2D eigenvalue weighted by atomic mass is 16.5. The summed E-state index contributed by atoms with van der Waals surface area (Å²) >= 11 is 0. The van der Waals surface area contributed by atoms with Crippen molar-refractivity contribution in [2.75, 3.05) is 6.61 Å². The summed E-state index contributed by atoms with van der Waals surface area (Å²) in [6.07, 6.45) is 0. The molecule has 4 heteroatoms. The van der Waals surface area contributed by atoms with Gasteiger partial charge < -0.3 is 19.3 Å². The molecule has 0 radical (unpaired) electrons. The quantitative estimate of drug-likeness (QED) is 0.134. The third-order valence-corrected chi connectivity index (χ3v) is 8.13. The fourth-order valence-corrected chi connectivity index (χ4v) is 5.64. The van der Waals surface area contributed by atoms with Crippen molar-refractivity contribution >= 4 is 0 Å². The Balaban J connectivity index is 1.22. The Bertz CT molecular complexity index is 1650. The van der Waals surface area contributed by atoms with Crippen molar-refractivity contribution in [2.24, 2.45) is 0 Å². The van der Waals surface area contributed by atoms with E-state index in [9.17, 15) is 5.11 Å². The molecule has 6 aromatic carbocycles. The van der Waals surface area contributed by atoms with Gasteiger partial charge in [0.15, 0.2) is 0 Å². The van der Waals surface area contributed by atoms with Crippen molar-refractivity contribution in [3.05, 3.63) is 197 Å². The molecule has 0 saturated heterocycles. The molecule has 1 atom stereocenters. The van der Waals surface area contributed by atoms with Crippen molar-refractivity contribution in [1.82, 2.24) is 0 Å². The molecule has 0 spiro atoms. The molecule has 0 aliphatic carbocycles. The highest BCUT2D eigenvalue weighted by Crippen LogP contribution is 2.40. The second-order valence-corrected chi connectivity index (χ2v) is 11.3. The van der Waals surface area contributed by atoms with Crippen molar-refractivity contribution in [2.45, 2.75) is 31.7 Å². The summed E-state index contributed by atoms with van der Waals surface area (Å²) in [6.45, 7) is 1.50. The van der Waals surface area contributed by atoms with Gasteiger partial charge in [-0.15, -0.1) is 0 Å². The fourth-order valence-electron chi connectivity index (χ4n) is 5.64. The van der Waals surface area contributed by atoms with E-state index < -0.39 is 0 Å². The third kappa shape index (κ3) is 8.23. The Labute approximate surface area is 271 Å². The first-order chi connectivity index (χ1) is 22.7. The van der Waals surface area contributed by atoms with Crippen molar-refractivity contribution in [3.63, 3.8) is 0 Å². The van der Waals surface area contributed by atoms with Crippen LogP contribution in [0.4, 0.5) is 0 Å². The molecular formula is C42H38O4. The number of aliphatic hydroxyl groups is 1. The molecule has 0 heterocycles. The highest BCUT2D eigenvalue weighted by Gasteiger charge is 2.26. The van der Waals surface area contributed by atoms with Gasteiger partial charge in [0.05, 0.1) is 6.61 Å². The van der Waals surface area contributed by atoms with E-state index in [0.29, 0.717) is 19.8 Å². The molecule has 0 aliphatic rings.